The Morgan fingerprint density at radius 2 is 2.00 bits per heavy atom. The van der Waals surface area contributed by atoms with Gasteiger partial charge in [0, 0.05) is 12.8 Å². The molecule has 1 N–H and O–H groups in total. The number of rotatable bonds is 2. The Labute approximate surface area is 93.9 Å². The number of carboxylic acid groups (broad SMARTS) is 1. The molecule has 2 fully saturated rings. The number of hydrogen-bond donors (Lipinski definition) is 1. The minimum absolute atomic E-state index is 0.0364. The van der Waals surface area contributed by atoms with Gasteiger partial charge >= 0.3 is 5.97 Å². The van der Waals surface area contributed by atoms with Crippen molar-refractivity contribution in [1.82, 2.24) is 0 Å². The molecule has 0 amide bonds. The van der Waals surface area contributed by atoms with Crippen LogP contribution in [-0.4, -0.2) is 29.6 Å². The molecule has 16 heavy (non-hydrogen) atoms. The second-order valence-electron chi connectivity index (χ2n) is 4.28. The Morgan fingerprint density at radius 1 is 1.31 bits per heavy atom. The van der Waals surface area contributed by atoms with Gasteiger partial charge in [-0.05, 0) is 12.8 Å². The fourth-order valence-corrected chi connectivity index (χ4v) is 2.04. The lowest BCUT2D eigenvalue weighted by Gasteiger charge is -2.40. The third-order valence-corrected chi connectivity index (χ3v) is 3.09. The van der Waals surface area contributed by atoms with Gasteiger partial charge in [0.15, 0.2) is 0 Å². The zero-order chi connectivity index (χ0) is 11.6. The average Bonchev–Trinajstić information content (AvgIpc) is 2.30. The highest BCUT2D eigenvalue weighted by Gasteiger charge is 2.41. The molecule has 1 saturated heterocycles. The summed E-state index contributed by atoms with van der Waals surface area (Å²) in [5, 5.41) is 8.75. The second kappa shape index (κ2) is 4.53. The van der Waals surface area contributed by atoms with Crippen molar-refractivity contribution in [1.29, 1.82) is 0 Å². The van der Waals surface area contributed by atoms with Crippen molar-refractivity contribution in [2.24, 2.45) is 0 Å². The summed E-state index contributed by atoms with van der Waals surface area (Å²) >= 11 is 0. The number of carboxylic acids is 1. The normalized spacial score (nSPS) is 28.9. The maximum atomic E-state index is 10.7. The molecule has 0 radical (unpaired) electrons. The molecule has 90 valence electrons. The van der Waals surface area contributed by atoms with Crippen molar-refractivity contribution in [3.8, 4) is 0 Å². The lowest BCUT2D eigenvalue weighted by Crippen LogP contribution is -2.47. The van der Waals surface area contributed by atoms with E-state index in [1.54, 1.807) is 0 Å². The van der Waals surface area contributed by atoms with Crippen LogP contribution in [0.4, 0.5) is 0 Å². The molecule has 1 saturated carbocycles. The van der Waals surface area contributed by atoms with Crippen molar-refractivity contribution >= 4 is 5.97 Å². The van der Waals surface area contributed by atoms with Crippen molar-refractivity contribution in [3.63, 3.8) is 0 Å². The number of hydrogen-bond acceptors (Lipinski definition) is 4. The highest BCUT2D eigenvalue weighted by molar-refractivity contribution is 5.86. The van der Waals surface area contributed by atoms with E-state index >= 15 is 0 Å². The van der Waals surface area contributed by atoms with E-state index in [1.165, 1.54) is 6.42 Å². The van der Waals surface area contributed by atoms with E-state index in [0.717, 1.165) is 25.7 Å². The van der Waals surface area contributed by atoms with Crippen LogP contribution in [0.5, 0.6) is 0 Å². The molecule has 0 unspecified atom stereocenters. The summed E-state index contributed by atoms with van der Waals surface area (Å²) in [5.41, 5.74) is -0.0364. The monoisotopic (exact) mass is 228 g/mol. The first-order valence-electron chi connectivity index (χ1n) is 5.53. The molecule has 0 aromatic carbocycles. The van der Waals surface area contributed by atoms with Gasteiger partial charge in [0.05, 0.1) is 12.2 Å². The van der Waals surface area contributed by atoms with Gasteiger partial charge in [-0.15, -0.1) is 0 Å². The standard InChI is InChI=1S/C11H16O5/c1-8(10(12)13)9-7-14-11(16-15-9)5-3-2-4-6-11/h9H,1-7H2,(H,12,13)/t9-/m0/s1. The van der Waals surface area contributed by atoms with Gasteiger partial charge in [-0.1, -0.05) is 13.0 Å². The van der Waals surface area contributed by atoms with E-state index in [4.69, 9.17) is 19.6 Å². The van der Waals surface area contributed by atoms with Crippen LogP contribution in [0.1, 0.15) is 32.1 Å². The molecule has 1 aliphatic carbocycles. The molecule has 0 aromatic heterocycles. The van der Waals surface area contributed by atoms with Gasteiger partial charge in [-0.25, -0.2) is 14.6 Å². The van der Waals surface area contributed by atoms with Crippen LogP contribution < -0.4 is 0 Å². The van der Waals surface area contributed by atoms with Gasteiger partial charge < -0.3 is 9.84 Å². The van der Waals surface area contributed by atoms with Crippen LogP contribution in [-0.2, 0) is 19.3 Å². The minimum Gasteiger partial charge on any atom is -0.478 e. The quantitative estimate of drug-likeness (QED) is 0.575. The highest BCUT2D eigenvalue weighted by Crippen LogP contribution is 2.36. The second-order valence-corrected chi connectivity index (χ2v) is 4.28. The molecule has 1 aliphatic heterocycles. The summed E-state index contributed by atoms with van der Waals surface area (Å²) in [6.07, 6.45) is 4.19. The van der Waals surface area contributed by atoms with E-state index in [0.29, 0.717) is 0 Å². The smallest absolute Gasteiger partial charge is 0.333 e. The number of aliphatic carboxylic acids is 1. The summed E-state index contributed by atoms with van der Waals surface area (Å²) in [6.45, 7) is 3.63. The SMILES string of the molecule is C=C(C(=O)O)[C@@H]1COC2(CCCCC2)OO1. The van der Waals surface area contributed by atoms with Crippen molar-refractivity contribution < 1.29 is 24.4 Å². The first-order chi connectivity index (χ1) is 7.63. The Bertz CT molecular complexity index is 283. The zero-order valence-corrected chi connectivity index (χ0v) is 9.11. The van der Waals surface area contributed by atoms with Crippen molar-refractivity contribution in [2.75, 3.05) is 6.61 Å². The Kier molecular flexibility index (Phi) is 3.28. The largest absolute Gasteiger partial charge is 0.478 e. The summed E-state index contributed by atoms with van der Waals surface area (Å²) in [7, 11) is 0. The maximum absolute atomic E-state index is 10.7. The molecule has 5 nitrogen and oxygen atoms in total. The Hall–Kier alpha value is -0.910. The molecule has 1 spiro atoms. The van der Waals surface area contributed by atoms with Crippen LogP contribution in [0, 0.1) is 0 Å². The number of carbonyl (C=O) groups is 1. The van der Waals surface area contributed by atoms with Gasteiger partial charge in [0.2, 0.25) is 5.79 Å². The van der Waals surface area contributed by atoms with Gasteiger partial charge in [0.25, 0.3) is 0 Å². The Balaban J connectivity index is 1.91. The van der Waals surface area contributed by atoms with E-state index in [1.807, 2.05) is 0 Å². The van der Waals surface area contributed by atoms with E-state index in [-0.39, 0.29) is 12.2 Å². The highest BCUT2D eigenvalue weighted by atomic mass is 17.2. The lowest BCUT2D eigenvalue weighted by atomic mass is 9.94. The molecular formula is C11H16O5. The molecule has 0 aromatic rings. The fraction of sp³-hybridized carbons (Fsp3) is 0.727. The zero-order valence-electron chi connectivity index (χ0n) is 9.11. The Morgan fingerprint density at radius 3 is 2.50 bits per heavy atom. The molecule has 5 heteroatoms. The predicted octanol–water partition coefficient (Wildman–Crippen LogP) is 1.63. The lowest BCUT2D eigenvalue weighted by molar-refractivity contribution is -0.486. The van der Waals surface area contributed by atoms with Crippen LogP contribution in [0.3, 0.4) is 0 Å². The summed E-state index contributed by atoms with van der Waals surface area (Å²) in [5.74, 6) is -1.73. The summed E-state index contributed by atoms with van der Waals surface area (Å²) in [4.78, 5) is 21.0. The maximum Gasteiger partial charge on any atom is 0.333 e. The van der Waals surface area contributed by atoms with E-state index in [2.05, 4.69) is 6.58 Å². The minimum atomic E-state index is -1.09. The molecule has 1 atom stereocenters. The van der Waals surface area contributed by atoms with Crippen LogP contribution in [0.25, 0.3) is 0 Å². The number of ether oxygens (including phenoxy) is 1. The third kappa shape index (κ3) is 2.26. The first kappa shape index (κ1) is 11.6. The molecule has 0 bridgehead atoms. The first-order valence-corrected chi connectivity index (χ1v) is 5.53. The molecule has 2 aliphatic rings. The van der Waals surface area contributed by atoms with E-state index < -0.39 is 17.9 Å². The summed E-state index contributed by atoms with van der Waals surface area (Å²) < 4.78 is 5.62. The van der Waals surface area contributed by atoms with Crippen molar-refractivity contribution in [2.45, 2.75) is 44.0 Å². The van der Waals surface area contributed by atoms with Crippen molar-refractivity contribution in [3.05, 3.63) is 12.2 Å². The van der Waals surface area contributed by atoms with Gasteiger partial charge in [-0.3, -0.25) is 0 Å². The van der Waals surface area contributed by atoms with E-state index in [9.17, 15) is 4.79 Å². The third-order valence-electron chi connectivity index (χ3n) is 3.09. The molecule has 2 rings (SSSR count). The average molecular weight is 228 g/mol. The van der Waals surface area contributed by atoms with Crippen LogP contribution in [0.15, 0.2) is 12.2 Å². The van der Waals surface area contributed by atoms with Gasteiger partial charge in [-0.2, -0.15) is 0 Å². The summed E-state index contributed by atoms with van der Waals surface area (Å²) in [6, 6.07) is 0. The molecule has 1 heterocycles. The van der Waals surface area contributed by atoms with Crippen LogP contribution >= 0.6 is 0 Å². The fourth-order valence-electron chi connectivity index (χ4n) is 2.04. The topological polar surface area (TPSA) is 65.0 Å². The predicted molar refractivity (Wildman–Crippen MR) is 54.5 cm³/mol. The van der Waals surface area contributed by atoms with Crippen LogP contribution in [0.2, 0.25) is 0 Å². The molecular weight excluding hydrogens is 212 g/mol. The van der Waals surface area contributed by atoms with Gasteiger partial charge in [0.1, 0.15) is 6.10 Å².